The van der Waals surface area contributed by atoms with Crippen LogP contribution in [-0.2, 0) is 6.42 Å². The number of hydrogen-bond donors (Lipinski definition) is 2. The summed E-state index contributed by atoms with van der Waals surface area (Å²) in [6.07, 6.45) is 0.274. The zero-order valence-electron chi connectivity index (χ0n) is 10.0. The lowest BCUT2D eigenvalue weighted by atomic mass is 9.99. The number of hydrogen-bond acceptors (Lipinski definition) is 2. The molecular formula is C14H13BrF2N2. The van der Waals surface area contributed by atoms with Crippen LogP contribution in [0.25, 0.3) is 0 Å². The highest BCUT2D eigenvalue weighted by Gasteiger charge is 2.15. The van der Waals surface area contributed by atoms with Gasteiger partial charge in [-0.2, -0.15) is 0 Å². The number of benzene rings is 2. The molecule has 0 aliphatic carbocycles. The molecule has 5 heteroatoms. The second kappa shape index (κ2) is 6.23. The molecule has 19 heavy (non-hydrogen) atoms. The quantitative estimate of drug-likeness (QED) is 0.667. The van der Waals surface area contributed by atoms with E-state index >= 15 is 0 Å². The number of halogens is 3. The van der Waals surface area contributed by atoms with Crippen LogP contribution in [-0.4, -0.2) is 0 Å². The third-order valence-electron chi connectivity index (χ3n) is 2.91. The number of rotatable bonds is 4. The molecular weight excluding hydrogens is 314 g/mol. The van der Waals surface area contributed by atoms with E-state index in [-0.39, 0.29) is 12.5 Å². The zero-order chi connectivity index (χ0) is 13.8. The van der Waals surface area contributed by atoms with Crippen LogP contribution < -0.4 is 11.3 Å². The molecule has 0 aliphatic rings. The van der Waals surface area contributed by atoms with Crippen molar-refractivity contribution in [1.29, 1.82) is 0 Å². The van der Waals surface area contributed by atoms with E-state index in [1.165, 1.54) is 6.07 Å². The fraction of sp³-hybridized carbons (Fsp3) is 0.143. The molecule has 0 spiro atoms. The second-order valence-electron chi connectivity index (χ2n) is 4.19. The fourth-order valence-electron chi connectivity index (χ4n) is 1.92. The van der Waals surface area contributed by atoms with E-state index < -0.39 is 11.6 Å². The first-order valence-corrected chi connectivity index (χ1v) is 6.55. The van der Waals surface area contributed by atoms with Crippen molar-refractivity contribution in [2.24, 2.45) is 5.84 Å². The Morgan fingerprint density at radius 1 is 1.16 bits per heavy atom. The lowest BCUT2D eigenvalue weighted by Crippen LogP contribution is -2.29. The predicted octanol–water partition coefficient (Wildman–Crippen LogP) is 3.47. The monoisotopic (exact) mass is 326 g/mol. The fourth-order valence-corrected chi connectivity index (χ4v) is 2.34. The predicted molar refractivity (Wildman–Crippen MR) is 74.3 cm³/mol. The normalized spacial score (nSPS) is 12.4. The van der Waals surface area contributed by atoms with Crippen molar-refractivity contribution in [3.05, 3.63) is 69.7 Å². The number of nitrogens with one attached hydrogen (secondary N) is 1. The zero-order valence-corrected chi connectivity index (χ0v) is 11.6. The Kier molecular flexibility index (Phi) is 4.63. The minimum absolute atomic E-state index is 0.274. The Bertz CT molecular complexity index is 575. The van der Waals surface area contributed by atoms with Crippen molar-refractivity contribution in [3.8, 4) is 0 Å². The Morgan fingerprint density at radius 3 is 2.58 bits per heavy atom. The van der Waals surface area contributed by atoms with E-state index in [9.17, 15) is 8.78 Å². The lowest BCUT2D eigenvalue weighted by Gasteiger charge is -2.17. The average Bonchev–Trinajstić information content (AvgIpc) is 2.40. The van der Waals surface area contributed by atoms with Gasteiger partial charge in [0.05, 0.1) is 6.04 Å². The Labute approximate surface area is 118 Å². The van der Waals surface area contributed by atoms with Gasteiger partial charge in [-0.15, -0.1) is 0 Å². The molecule has 0 saturated heterocycles. The van der Waals surface area contributed by atoms with Gasteiger partial charge in [-0.05, 0) is 35.7 Å². The van der Waals surface area contributed by atoms with Crippen LogP contribution in [0.15, 0.2) is 46.9 Å². The Morgan fingerprint density at radius 2 is 1.89 bits per heavy atom. The van der Waals surface area contributed by atoms with Crippen LogP contribution in [0, 0.1) is 11.6 Å². The van der Waals surface area contributed by atoms with Crippen LogP contribution >= 0.6 is 15.9 Å². The molecule has 0 radical (unpaired) electrons. The third-order valence-corrected chi connectivity index (χ3v) is 3.40. The van der Waals surface area contributed by atoms with Crippen molar-refractivity contribution in [3.63, 3.8) is 0 Å². The summed E-state index contributed by atoms with van der Waals surface area (Å²) in [5, 5.41) is 0. The molecule has 1 unspecified atom stereocenters. The van der Waals surface area contributed by atoms with E-state index in [1.54, 1.807) is 6.07 Å². The molecule has 2 nitrogen and oxygen atoms in total. The molecule has 0 aromatic heterocycles. The smallest absolute Gasteiger partial charge is 0.162 e. The van der Waals surface area contributed by atoms with Gasteiger partial charge in [0, 0.05) is 4.47 Å². The van der Waals surface area contributed by atoms with Gasteiger partial charge in [0.15, 0.2) is 11.6 Å². The van der Waals surface area contributed by atoms with Crippen molar-refractivity contribution in [2.45, 2.75) is 12.5 Å². The summed E-state index contributed by atoms with van der Waals surface area (Å²) in [6, 6.07) is 11.4. The van der Waals surface area contributed by atoms with Crippen molar-refractivity contribution >= 4 is 15.9 Å². The van der Waals surface area contributed by atoms with Gasteiger partial charge in [-0.25, -0.2) is 8.78 Å². The molecule has 0 heterocycles. The molecule has 1 atom stereocenters. The molecule has 0 amide bonds. The molecule has 0 bridgehead atoms. The van der Waals surface area contributed by atoms with Crippen LogP contribution in [0.3, 0.4) is 0 Å². The highest BCUT2D eigenvalue weighted by Crippen LogP contribution is 2.23. The Hall–Kier alpha value is -1.30. The summed E-state index contributed by atoms with van der Waals surface area (Å²) in [4.78, 5) is 0. The van der Waals surface area contributed by atoms with Crippen LogP contribution in [0.4, 0.5) is 8.78 Å². The lowest BCUT2D eigenvalue weighted by molar-refractivity contribution is 0.481. The van der Waals surface area contributed by atoms with Gasteiger partial charge in [-0.3, -0.25) is 11.3 Å². The largest absolute Gasteiger partial charge is 0.271 e. The SMILES string of the molecule is NNC(Cc1cccc(F)c1F)c1cccc(Br)c1. The summed E-state index contributed by atoms with van der Waals surface area (Å²) in [6.45, 7) is 0. The van der Waals surface area contributed by atoms with E-state index in [4.69, 9.17) is 5.84 Å². The molecule has 0 saturated carbocycles. The molecule has 100 valence electrons. The van der Waals surface area contributed by atoms with Gasteiger partial charge in [0.1, 0.15) is 0 Å². The molecule has 0 fully saturated rings. The van der Waals surface area contributed by atoms with Gasteiger partial charge in [0.2, 0.25) is 0 Å². The van der Waals surface area contributed by atoms with Gasteiger partial charge >= 0.3 is 0 Å². The number of hydrazine groups is 1. The molecule has 2 aromatic carbocycles. The topological polar surface area (TPSA) is 38.0 Å². The number of nitrogens with two attached hydrogens (primary N) is 1. The van der Waals surface area contributed by atoms with Crippen molar-refractivity contribution in [1.82, 2.24) is 5.43 Å². The third kappa shape index (κ3) is 3.37. The van der Waals surface area contributed by atoms with Crippen molar-refractivity contribution in [2.75, 3.05) is 0 Å². The van der Waals surface area contributed by atoms with Crippen molar-refractivity contribution < 1.29 is 8.78 Å². The summed E-state index contributed by atoms with van der Waals surface area (Å²) in [5.74, 6) is 3.84. The minimum Gasteiger partial charge on any atom is -0.271 e. The first-order chi connectivity index (χ1) is 9.11. The highest BCUT2D eigenvalue weighted by molar-refractivity contribution is 9.10. The maximum Gasteiger partial charge on any atom is 0.162 e. The van der Waals surface area contributed by atoms with Gasteiger partial charge in [0.25, 0.3) is 0 Å². The minimum atomic E-state index is -0.845. The molecule has 2 rings (SSSR count). The van der Waals surface area contributed by atoms with Gasteiger partial charge in [-0.1, -0.05) is 40.2 Å². The molecule has 2 aromatic rings. The first-order valence-electron chi connectivity index (χ1n) is 5.76. The van der Waals surface area contributed by atoms with E-state index in [0.717, 1.165) is 16.1 Å². The highest BCUT2D eigenvalue weighted by atomic mass is 79.9. The standard InChI is InChI=1S/C14H13BrF2N2/c15-11-5-1-3-9(7-11)13(19-18)8-10-4-2-6-12(16)14(10)17/h1-7,13,19H,8,18H2. The summed E-state index contributed by atoms with van der Waals surface area (Å²) in [5.41, 5.74) is 3.83. The summed E-state index contributed by atoms with van der Waals surface area (Å²) in [7, 11) is 0. The van der Waals surface area contributed by atoms with Crippen LogP contribution in [0.2, 0.25) is 0 Å². The van der Waals surface area contributed by atoms with Crippen LogP contribution in [0.1, 0.15) is 17.2 Å². The Balaban J connectivity index is 2.26. The maximum atomic E-state index is 13.6. The van der Waals surface area contributed by atoms with E-state index in [2.05, 4.69) is 21.4 Å². The average molecular weight is 327 g/mol. The first kappa shape index (κ1) is 14.1. The summed E-state index contributed by atoms with van der Waals surface area (Å²) >= 11 is 3.37. The van der Waals surface area contributed by atoms with Crippen LogP contribution in [0.5, 0.6) is 0 Å². The molecule has 3 N–H and O–H groups in total. The maximum absolute atomic E-state index is 13.6. The summed E-state index contributed by atoms with van der Waals surface area (Å²) < 4.78 is 27.7. The van der Waals surface area contributed by atoms with Gasteiger partial charge < -0.3 is 0 Å². The molecule has 0 aliphatic heterocycles. The van der Waals surface area contributed by atoms with E-state index in [1.807, 2.05) is 24.3 Å². The van der Waals surface area contributed by atoms with E-state index in [0.29, 0.717) is 5.56 Å². The second-order valence-corrected chi connectivity index (χ2v) is 5.11.